The third kappa shape index (κ3) is 7.76. The van der Waals surface area contributed by atoms with E-state index < -0.39 is 0 Å². The van der Waals surface area contributed by atoms with Crippen LogP contribution in [0.1, 0.15) is 64.5 Å². The molecule has 0 radical (unpaired) electrons. The van der Waals surface area contributed by atoms with E-state index in [9.17, 15) is 0 Å². The molecule has 2 fully saturated rings. The number of para-hydroxylation sites is 1. The molecule has 0 spiro atoms. The van der Waals surface area contributed by atoms with E-state index in [2.05, 4.69) is 59.4 Å². The Hall–Kier alpha value is -1.06. The monoisotopic (exact) mass is 557 g/mol. The first-order chi connectivity index (χ1) is 15.1. The lowest BCUT2D eigenvalue weighted by atomic mass is 10.0. The maximum atomic E-state index is 5.71. The molecule has 0 amide bonds. The van der Waals surface area contributed by atoms with Crippen molar-refractivity contribution >= 4 is 29.9 Å². The summed E-state index contributed by atoms with van der Waals surface area (Å²) >= 11 is 0. The minimum absolute atomic E-state index is 0. The van der Waals surface area contributed by atoms with Crippen molar-refractivity contribution in [2.45, 2.75) is 71.0 Å². The van der Waals surface area contributed by atoms with E-state index >= 15 is 0 Å². The fraction of sp³-hybridized carbons (Fsp3) is 0.720. The molecule has 1 aromatic rings. The van der Waals surface area contributed by atoms with Gasteiger partial charge in [-0.15, -0.1) is 24.0 Å². The highest BCUT2D eigenvalue weighted by atomic mass is 127. The molecule has 1 atom stereocenters. The van der Waals surface area contributed by atoms with Gasteiger partial charge in [-0.2, -0.15) is 0 Å². The number of guanidine groups is 1. The van der Waals surface area contributed by atoms with Crippen LogP contribution >= 0.6 is 24.0 Å². The predicted molar refractivity (Wildman–Crippen MR) is 145 cm³/mol. The number of benzene rings is 1. The quantitative estimate of drug-likeness (QED) is 0.284. The number of methoxy groups -OCH3 is 1. The third-order valence-electron chi connectivity index (χ3n) is 6.70. The van der Waals surface area contributed by atoms with Crippen LogP contribution in [0.5, 0.6) is 5.75 Å². The molecule has 0 saturated carbocycles. The van der Waals surface area contributed by atoms with E-state index in [1.165, 1.54) is 37.7 Å². The zero-order chi connectivity index (χ0) is 22.1. The molecule has 0 bridgehead atoms. The van der Waals surface area contributed by atoms with Crippen LogP contribution in [0.4, 0.5) is 0 Å². The highest BCUT2D eigenvalue weighted by Gasteiger charge is 2.25. The molecule has 2 N–H and O–H groups in total. The summed E-state index contributed by atoms with van der Waals surface area (Å²) in [7, 11) is 1.77. The molecule has 182 valence electrons. The van der Waals surface area contributed by atoms with Crippen molar-refractivity contribution in [1.29, 1.82) is 0 Å². The molecule has 2 aliphatic heterocycles. The van der Waals surface area contributed by atoms with Crippen molar-refractivity contribution in [3.05, 3.63) is 29.8 Å². The average Bonchev–Trinajstić information content (AvgIpc) is 2.80. The van der Waals surface area contributed by atoms with Gasteiger partial charge in [-0.1, -0.05) is 24.6 Å². The molecule has 2 heterocycles. The van der Waals surface area contributed by atoms with Gasteiger partial charge in [-0.3, -0.25) is 9.89 Å². The molecule has 0 aliphatic carbocycles. The van der Waals surface area contributed by atoms with Crippen molar-refractivity contribution in [3.63, 3.8) is 0 Å². The second kappa shape index (κ2) is 14.3. The van der Waals surface area contributed by atoms with Crippen LogP contribution in [-0.2, 0) is 0 Å². The van der Waals surface area contributed by atoms with Gasteiger partial charge >= 0.3 is 0 Å². The van der Waals surface area contributed by atoms with Gasteiger partial charge in [0.2, 0.25) is 0 Å². The van der Waals surface area contributed by atoms with Crippen LogP contribution in [0.3, 0.4) is 0 Å². The van der Waals surface area contributed by atoms with Gasteiger partial charge in [0.15, 0.2) is 5.96 Å². The van der Waals surface area contributed by atoms with Gasteiger partial charge in [0, 0.05) is 37.3 Å². The molecule has 1 unspecified atom stereocenters. The standard InChI is InChI=1S/C25H43N5O.HI/c1-5-26-25(28-21-13-17-29(18-14-21)20(2)3)27-19-23(30-15-9-6-10-16-30)22-11-7-8-12-24(22)31-4;/h7-8,11-12,20-21,23H,5-6,9-10,13-19H2,1-4H3,(H2,26,27,28);1H. The lowest BCUT2D eigenvalue weighted by Gasteiger charge is -2.36. The minimum atomic E-state index is 0. The van der Waals surface area contributed by atoms with E-state index in [0.717, 1.165) is 51.0 Å². The maximum Gasteiger partial charge on any atom is 0.191 e. The maximum absolute atomic E-state index is 5.71. The Morgan fingerprint density at radius 1 is 1.06 bits per heavy atom. The van der Waals surface area contributed by atoms with Crippen LogP contribution in [0.25, 0.3) is 0 Å². The number of aliphatic imine (C=N–C) groups is 1. The van der Waals surface area contributed by atoms with Gasteiger partial charge < -0.3 is 20.3 Å². The summed E-state index contributed by atoms with van der Waals surface area (Å²) in [5.41, 5.74) is 1.25. The SMILES string of the molecule is CCNC(=NCC(c1ccccc1OC)N1CCCCC1)NC1CCN(C(C)C)CC1.I. The Balaban J connectivity index is 0.00000363. The van der Waals surface area contributed by atoms with E-state index in [4.69, 9.17) is 9.73 Å². The van der Waals surface area contributed by atoms with E-state index in [1.54, 1.807) is 7.11 Å². The highest BCUT2D eigenvalue weighted by Crippen LogP contribution is 2.31. The van der Waals surface area contributed by atoms with Gasteiger partial charge in [0.25, 0.3) is 0 Å². The summed E-state index contributed by atoms with van der Waals surface area (Å²) in [6.45, 7) is 12.9. The topological polar surface area (TPSA) is 52.1 Å². The van der Waals surface area contributed by atoms with Gasteiger partial charge in [0.05, 0.1) is 19.7 Å². The number of halogens is 1. The lowest BCUT2D eigenvalue weighted by Crippen LogP contribution is -2.50. The van der Waals surface area contributed by atoms with Crippen molar-refractivity contribution in [3.8, 4) is 5.75 Å². The third-order valence-corrected chi connectivity index (χ3v) is 6.70. The number of hydrogen-bond acceptors (Lipinski definition) is 4. The first kappa shape index (κ1) is 27.2. The lowest BCUT2D eigenvalue weighted by molar-refractivity contribution is 0.164. The zero-order valence-corrected chi connectivity index (χ0v) is 22.8. The summed E-state index contributed by atoms with van der Waals surface area (Å²) in [5, 5.41) is 7.19. The first-order valence-electron chi connectivity index (χ1n) is 12.3. The molecule has 2 saturated heterocycles. The van der Waals surface area contributed by atoms with Crippen LogP contribution in [0.15, 0.2) is 29.3 Å². The Labute approximate surface area is 212 Å². The predicted octanol–water partition coefficient (Wildman–Crippen LogP) is 4.27. The Morgan fingerprint density at radius 3 is 2.38 bits per heavy atom. The fourth-order valence-corrected chi connectivity index (χ4v) is 4.83. The molecule has 6 nitrogen and oxygen atoms in total. The molecule has 7 heteroatoms. The molecule has 2 aliphatic rings. The minimum Gasteiger partial charge on any atom is -0.496 e. The summed E-state index contributed by atoms with van der Waals surface area (Å²) in [6.07, 6.45) is 6.21. The van der Waals surface area contributed by atoms with Crippen LogP contribution in [-0.4, -0.2) is 74.2 Å². The highest BCUT2D eigenvalue weighted by molar-refractivity contribution is 14.0. The normalized spacial score (nSPS) is 20.0. The smallest absolute Gasteiger partial charge is 0.191 e. The summed E-state index contributed by atoms with van der Waals surface area (Å²) in [4.78, 5) is 10.2. The van der Waals surface area contributed by atoms with Crippen molar-refractivity contribution in [2.75, 3.05) is 46.4 Å². The second-order valence-corrected chi connectivity index (χ2v) is 9.12. The summed E-state index contributed by atoms with van der Waals surface area (Å²) in [5.74, 6) is 1.91. The first-order valence-corrected chi connectivity index (χ1v) is 12.3. The van der Waals surface area contributed by atoms with Crippen molar-refractivity contribution in [2.24, 2.45) is 4.99 Å². The number of nitrogens with zero attached hydrogens (tertiary/aromatic N) is 3. The van der Waals surface area contributed by atoms with Gasteiger partial charge in [-0.25, -0.2) is 0 Å². The number of nitrogens with one attached hydrogen (secondary N) is 2. The molecule has 3 rings (SSSR count). The fourth-order valence-electron chi connectivity index (χ4n) is 4.83. The van der Waals surface area contributed by atoms with Crippen LogP contribution in [0, 0.1) is 0 Å². The summed E-state index contributed by atoms with van der Waals surface area (Å²) in [6, 6.07) is 9.81. The molecule has 1 aromatic carbocycles. The number of rotatable bonds is 8. The number of likely N-dealkylation sites (tertiary alicyclic amines) is 2. The van der Waals surface area contributed by atoms with Crippen molar-refractivity contribution in [1.82, 2.24) is 20.4 Å². The number of ether oxygens (including phenoxy) is 1. The van der Waals surface area contributed by atoms with E-state index in [-0.39, 0.29) is 30.0 Å². The second-order valence-electron chi connectivity index (χ2n) is 9.12. The summed E-state index contributed by atoms with van der Waals surface area (Å²) < 4.78 is 5.71. The average molecular weight is 558 g/mol. The van der Waals surface area contributed by atoms with Crippen LogP contribution < -0.4 is 15.4 Å². The number of hydrogen-bond donors (Lipinski definition) is 2. The van der Waals surface area contributed by atoms with Crippen molar-refractivity contribution < 1.29 is 4.74 Å². The number of piperidine rings is 2. The van der Waals surface area contributed by atoms with Gasteiger partial charge in [-0.05, 0) is 65.6 Å². The molecular weight excluding hydrogens is 513 g/mol. The van der Waals surface area contributed by atoms with E-state index in [1.807, 2.05) is 6.07 Å². The molecule has 0 aromatic heterocycles. The van der Waals surface area contributed by atoms with Gasteiger partial charge in [0.1, 0.15) is 5.75 Å². The Morgan fingerprint density at radius 2 is 1.75 bits per heavy atom. The largest absolute Gasteiger partial charge is 0.496 e. The van der Waals surface area contributed by atoms with Crippen LogP contribution in [0.2, 0.25) is 0 Å². The Bertz CT molecular complexity index is 685. The Kier molecular flexibility index (Phi) is 12.1. The molecular formula is C25H44IN5O. The zero-order valence-electron chi connectivity index (χ0n) is 20.5. The van der Waals surface area contributed by atoms with E-state index in [0.29, 0.717) is 12.1 Å². The molecule has 32 heavy (non-hydrogen) atoms.